The first-order valence-corrected chi connectivity index (χ1v) is 7.15. The van der Waals surface area contributed by atoms with Crippen LogP contribution in [0.1, 0.15) is 6.42 Å². The highest BCUT2D eigenvalue weighted by atomic mass is 16.5. The van der Waals surface area contributed by atoms with E-state index in [9.17, 15) is 14.7 Å². The fourth-order valence-electron chi connectivity index (χ4n) is 2.54. The lowest BCUT2D eigenvalue weighted by molar-refractivity contribution is -0.121. The monoisotopic (exact) mass is 312 g/mol. The first-order valence-electron chi connectivity index (χ1n) is 7.15. The summed E-state index contributed by atoms with van der Waals surface area (Å²) in [6.07, 6.45) is 0.0700. The number of imide groups is 1. The molecule has 0 radical (unpaired) electrons. The van der Waals surface area contributed by atoms with Crippen LogP contribution in [0.5, 0.6) is 11.5 Å². The van der Waals surface area contributed by atoms with Gasteiger partial charge in [0.05, 0.1) is 19.2 Å². The van der Waals surface area contributed by atoms with Crippen molar-refractivity contribution in [2.75, 3.05) is 17.3 Å². The Morgan fingerprint density at radius 3 is 2.57 bits per heavy atom. The zero-order chi connectivity index (χ0) is 16.4. The van der Waals surface area contributed by atoms with E-state index in [2.05, 4.69) is 5.32 Å². The Morgan fingerprint density at radius 1 is 1.17 bits per heavy atom. The molecule has 0 bridgehead atoms. The van der Waals surface area contributed by atoms with Crippen LogP contribution < -0.4 is 15.0 Å². The van der Waals surface area contributed by atoms with Crippen LogP contribution in [-0.2, 0) is 9.59 Å². The van der Waals surface area contributed by atoms with Crippen LogP contribution in [0.25, 0.3) is 0 Å². The van der Waals surface area contributed by atoms with Crippen LogP contribution in [0.2, 0.25) is 0 Å². The molecule has 0 saturated carbocycles. The maximum absolute atomic E-state index is 12.5. The number of aromatic hydroxyl groups is 1. The SMILES string of the molecule is COc1ccc(N2C(=O)CC(Nc3cccc(O)c3)C2=O)cc1. The second-order valence-corrected chi connectivity index (χ2v) is 5.22. The summed E-state index contributed by atoms with van der Waals surface area (Å²) in [6.45, 7) is 0. The molecule has 1 heterocycles. The largest absolute Gasteiger partial charge is 0.508 e. The summed E-state index contributed by atoms with van der Waals surface area (Å²) in [5.74, 6) is 0.169. The molecule has 118 valence electrons. The van der Waals surface area contributed by atoms with Gasteiger partial charge in [0.25, 0.3) is 5.91 Å². The Labute approximate surface area is 133 Å². The topological polar surface area (TPSA) is 78.9 Å². The highest BCUT2D eigenvalue weighted by Crippen LogP contribution is 2.27. The highest BCUT2D eigenvalue weighted by molar-refractivity contribution is 6.23. The predicted molar refractivity (Wildman–Crippen MR) is 85.6 cm³/mol. The van der Waals surface area contributed by atoms with Crippen molar-refractivity contribution >= 4 is 23.2 Å². The normalized spacial score (nSPS) is 17.4. The summed E-state index contributed by atoms with van der Waals surface area (Å²) in [5, 5.41) is 12.5. The molecule has 2 amide bonds. The fraction of sp³-hybridized carbons (Fsp3) is 0.176. The van der Waals surface area contributed by atoms with E-state index in [0.29, 0.717) is 17.1 Å². The first-order chi connectivity index (χ1) is 11.1. The third kappa shape index (κ3) is 2.96. The van der Waals surface area contributed by atoms with Crippen molar-refractivity contribution < 1.29 is 19.4 Å². The smallest absolute Gasteiger partial charge is 0.256 e. The molecule has 0 aliphatic carbocycles. The lowest BCUT2D eigenvalue weighted by Crippen LogP contribution is -2.34. The molecule has 1 atom stereocenters. The van der Waals surface area contributed by atoms with Crippen molar-refractivity contribution in [3.8, 4) is 11.5 Å². The van der Waals surface area contributed by atoms with Crippen molar-refractivity contribution in [3.63, 3.8) is 0 Å². The molecule has 1 aliphatic heterocycles. The van der Waals surface area contributed by atoms with Crippen LogP contribution in [-0.4, -0.2) is 30.1 Å². The van der Waals surface area contributed by atoms with Crippen molar-refractivity contribution in [1.29, 1.82) is 0 Å². The number of carbonyl (C=O) groups excluding carboxylic acids is 2. The molecule has 0 aromatic heterocycles. The van der Waals surface area contributed by atoms with Gasteiger partial charge in [0, 0.05) is 11.8 Å². The second kappa shape index (κ2) is 6.00. The van der Waals surface area contributed by atoms with Gasteiger partial charge in [-0.2, -0.15) is 0 Å². The first kappa shape index (κ1) is 14.9. The molecule has 3 rings (SSSR count). The Morgan fingerprint density at radius 2 is 1.91 bits per heavy atom. The van der Waals surface area contributed by atoms with Crippen LogP contribution >= 0.6 is 0 Å². The zero-order valence-electron chi connectivity index (χ0n) is 12.5. The van der Waals surface area contributed by atoms with E-state index in [0.717, 1.165) is 0 Å². The van der Waals surface area contributed by atoms with E-state index in [1.54, 1.807) is 43.5 Å². The summed E-state index contributed by atoms with van der Waals surface area (Å²) >= 11 is 0. The molecule has 1 unspecified atom stereocenters. The number of phenols is 1. The summed E-state index contributed by atoms with van der Waals surface area (Å²) in [4.78, 5) is 25.9. The van der Waals surface area contributed by atoms with Gasteiger partial charge in [0.15, 0.2) is 0 Å². The Kier molecular flexibility index (Phi) is 3.89. The minimum atomic E-state index is -0.647. The van der Waals surface area contributed by atoms with Crippen molar-refractivity contribution in [2.45, 2.75) is 12.5 Å². The second-order valence-electron chi connectivity index (χ2n) is 5.22. The van der Waals surface area contributed by atoms with E-state index in [-0.39, 0.29) is 24.0 Å². The summed E-state index contributed by atoms with van der Waals surface area (Å²) < 4.78 is 5.07. The fourth-order valence-corrected chi connectivity index (χ4v) is 2.54. The van der Waals surface area contributed by atoms with Crippen molar-refractivity contribution in [1.82, 2.24) is 0 Å². The third-order valence-corrected chi connectivity index (χ3v) is 3.66. The molecular formula is C17H16N2O4. The minimum Gasteiger partial charge on any atom is -0.508 e. The number of hydrogen-bond donors (Lipinski definition) is 2. The van der Waals surface area contributed by atoms with E-state index in [4.69, 9.17) is 4.74 Å². The number of nitrogens with one attached hydrogen (secondary N) is 1. The Balaban J connectivity index is 1.79. The number of benzene rings is 2. The molecule has 2 N–H and O–H groups in total. The average molecular weight is 312 g/mol. The van der Waals surface area contributed by atoms with Crippen LogP contribution in [0.15, 0.2) is 48.5 Å². The number of phenolic OH excluding ortho intramolecular Hbond substituents is 1. The minimum absolute atomic E-state index is 0.0700. The lowest BCUT2D eigenvalue weighted by Gasteiger charge is -2.16. The van der Waals surface area contributed by atoms with Gasteiger partial charge >= 0.3 is 0 Å². The van der Waals surface area contributed by atoms with Gasteiger partial charge < -0.3 is 15.2 Å². The van der Waals surface area contributed by atoms with Crippen LogP contribution in [0, 0.1) is 0 Å². The average Bonchev–Trinajstić information content (AvgIpc) is 2.81. The number of rotatable bonds is 4. The predicted octanol–water partition coefficient (Wildman–Crippen LogP) is 2.14. The van der Waals surface area contributed by atoms with Gasteiger partial charge in [-0.05, 0) is 36.4 Å². The van der Waals surface area contributed by atoms with Crippen LogP contribution in [0.4, 0.5) is 11.4 Å². The van der Waals surface area contributed by atoms with Crippen molar-refractivity contribution in [3.05, 3.63) is 48.5 Å². The molecule has 0 spiro atoms. The quantitative estimate of drug-likeness (QED) is 0.846. The molecule has 2 aromatic rings. The van der Waals surface area contributed by atoms with Gasteiger partial charge in [-0.15, -0.1) is 0 Å². The molecule has 2 aromatic carbocycles. The summed E-state index contributed by atoms with van der Waals surface area (Å²) in [6, 6.07) is 12.5. The number of carbonyl (C=O) groups is 2. The van der Waals surface area contributed by atoms with Gasteiger partial charge in [-0.1, -0.05) is 6.07 Å². The number of nitrogens with zero attached hydrogens (tertiary/aromatic N) is 1. The Hall–Kier alpha value is -3.02. The number of amides is 2. The third-order valence-electron chi connectivity index (χ3n) is 3.66. The number of hydrogen-bond acceptors (Lipinski definition) is 5. The van der Waals surface area contributed by atoms with Gasteiger partial charge in [-0.3, -0.25) is 9.59 Å². The number of methoxy groups -OCH3 is 1. The van der Waals surface area contributed by atoms with E-state index in [1.165, 1.54) is 17.0 Å². The molecule has 1 fully saturated rings. The molecule has 1 aliphatic rings. The zero-order valence-corrected chi connectivity index (χ0v) is 12.5. The van der Waals surface area contributed by atoms with Gasteiger partial charge in [0.1, 0.15) is 17.5 Å². The van der Waals surface area contributed by atoms with E-state index >= 15 is 0 Å². The molecule has 1 saturated heterocycles. The van der Waals surface area contributed by atoms with Gasteiger partial charge in [0.2, 0.25) is 5.91 Å². The number of anilines is 2. The maximum Gasteiger partial charge on any atom is 0.256 e. The molecule has 6 nitrogen and oxygen atoms in total. The maximum atomic E-state index is 12.5. The molecular weight excluding hydrogens is 296 g/mol. The lowest BCUT2D eigenvalue weighted by atomic mass is 10.2. The summed E-state index contributed by atoms with van der Waals surface area (Å²) in [5.41, 5.74) is 1.11. The highest BCUT2D eigenvalue weighted by Gasteiger charge is 2.39. The van der Waals surface area contributed by atoms with E-state index in [1.807, 2.05) is 0 Å². The Bertz CT molecular complexity index is 743. The van der Waals surface area contributed by atoms with Crippen LogP contribution in [0.3, 0.4) is 0 Å². The summed E-state index contributed by atoms with van der Waals surface area (Å²) in [7, 11) is 1.55. The standard InChI is InChI=1S/C17H16N2O4/c1-23-14-7-5-12(6-8-14)19-16(21)10-15(17(19)22)18-11-3-2-4-13(20)9-11/h2-9,15,18,20H,10H2,1H3. The van der Waals surface area contributed by atoms with E-state index < -0.39 is 6.04 Å². The molecule has 23 heavy (non-hydrogen) atoms. The number of ether oxygens (including phenoxy) is 1. The van der Waals surface area contributed by atoms with Gasteiger partial charge in [-0.25, -0.2) is 4.90 Å². The van der Waals surface area contributed by atoms with Crippen molar-refractivity contribution in [2.24, 2.45) is 0 Å². The molecule has 6 heteroatoms.